The number of anilines is 1. The number of aryl methyl sites for hydroxylation is 2. The molecule has 0 atom stereocenters. The van der Waals surface area contributed by atoms with Gasteiger partial charge in [-0.2, -0.15) is 0 Å². The molecule has 5 rings (SSSR count). The van der Waals surface area contributed by atoms with Gasteiger partial charge < -0.3 is 15.2 Å². The molecule has 0 amide bonds. The minimum Gasteiger partial charge on any atom is -0.390 e. The molecule has 9 heteroatoms. The Hall–Kier alpha value is -1.65. The number of aliphatic hydroxyl groups excluding tert-OH is 1. The Balaban J connectivity index is 1.46. The molecule has 1 saturated heterocycles. The molecule has 2 aliphatic rings. The van der Waals surface area contributed by atoms with Crippen LogP contribution in [0.3, 0.4) is 0 Å². The molecule has 154 valence electrons. The highest BCUT2D eigenvalue weighted by molar-refractivity contribution is 7.19. The van der Waals surface area contributed by atoms with Gasteiger partial charge in [0.2, 0.25) is 0 Å². The minimum atomic E-state index is -0.0179. The molecular formula is C20H25N5O2S2. The van der Waals surface area contributed by atoms with Gasteiger partial charge in [0.1, 0.15) is 21.5 Å². The van der Waals surface area contributed by atoms with Crippen molar-refractivity contribution in [1.82, 2.24) is 19.9 Å². The zero-order valence-corrected chi connectivity index (χ0v) is 17.9. The lowest BCUT2D eigenvalue weighted by atomic mass is 9.97. The average Bonchev–Trinajstić information content (AvgIpc) is 3.37. The van der Waals surface area contributed by atoms with Crippen molar-refractivity contribution in [3.05, 3.63) is 32.3 Å². The number of rotatable bonds is 6. The summed E-state index contributed by atoms with van der Waals surface area (Å²) in [6, 6.07) is 0. The number of thiophene rings is 1. The molecule has 0 aromatic carbocycles. The van der Waals surface area contributed by atoms with Crippen LogP contribution >= 0.6 is 22.7 Å². The van der Waals surface area contributed by atoms with Gasteiger partial charge in [0.15, 0.2) is 0 Å². The fourth-order valence-electron chi connectivity index (χ4n) is 4.02. The van der Waals surface area contributed by atoms with Gasteiger partial charge in [-0.25, -0.2) is 15.0 Å². The number of hydrogen-bond acceptors (Lipinski definition) is 9. The smallest absolute Gasteiger partial charge is 0.146 e. The fourth-order valence-corrected chi connectivity index (χ4v) is 6.03. The second kappa shape index (κ2) is 8.61. The van der Waals surface area contributed by atoms with E-state index in [0.29, 0.717) is 6.54 Å². The molecule has 29 heavy (non-hydrogen) atoms. The lowest BCUT2D eigenvalue weighted by Crippen LogP contribution is -2.36. The lowest BCUT2D eigenvalue weighted by Gasteiger charge is -2.25. The van der Waals surface area contributed by atoms with Crippen molar-refractivity contribution in [2.45, 2.75) is 45.4 Å². The van der Waals surface area contributed by atoms with Crippen molar-refractivity contribution in [3.63, 3.8) is 0 Å². The third kappa shape index (κ3) is 4.15. The molecule has 0 spiro atoms. The molecule has 7 nitrogen and oxygen atoms in total. The molecule has 2 N–H and O–H groups in total. The van der Waals surface area contributed by atoms with E-state index in [1.165, 1.54) is 28.7 Å². The maximum atomic E-state index is 9.27. The quantitative estimate of drug-likeness (QED) is 0.621. The summed E-state index contributed by atoms with van der Waals surface area (Å²) >= 11 is 3.40. The average molecular weight is 432 g/mol. The first-order valence-corrected chi connectivity index (χ1v) is 11.9. The van der Waals surface area contributed by atoms with Crippen molar-refractivity contribution in [1.29, 1.82) is 0 Å². The van der Waals surface area contributed by atoms with E-state index in [9.17, 15) is 5.11 Å². The molecule has 3 aromatic heterocycles. The maximum absolute atomic E-state index is 9.27. The summed E-state index contributed by atoms with van der Waals surface area (Å²) in [5.41, 5.74) is 2.16. The van der Waals surface area contributed by atoms with Crippen LogP contribution in [0.2, 0.25) is 0 Å². The normalized spacial score (nSPS) is 17.6. The van der Waals surface area contributed by atoms with E-state index in [2.05, 4.69) is 15.2 Å². The molecule has 0 radical (unpaired) electrons. The van der Waals surface area contributed by atoms with Crippen molar-refractivity contribution in [3.8, 4) is 0 Å². The SMILES string of the molecule is OCc1csc(CNc2nc(CN3CCOCC3)nc3sc4c(c23)CCCC4)n1. The first-order chi connectivity index (χ1) is 14.3. The summed E-state index contributed by atoms with van der Waals surface area (Å²) in [5.74, 6) is 1.80. The van der Waals surface area contributed by atoms with E-state index in [4.69, 9.17) is 14.7 Å². The predicted octanol–water partition coefficient (Wildman–Crippen LogP) is 2.96. The van der Waals surface area contributed by atoms with Crippen LogP contribution < -0.4 is 5.32 Å². The number of aliphatic hydroxyl groups is 1. The standard InChI is InChI=1S/C20H25N5O2S2/c26-11-13-12-28-17(22-13)9-21-19-18-14-3-1-2-4-15(14)29-20(18)24-16(23-19)10-25-5-7-27-8-6-25/h12,26H,1-11H2,(H,21,23,24). The molecule has 0 saturated carbocycles. The number of nitrogens with one attached hydrogen (secondary N) is 1. The van der Waals surface area contributed by atoms with E-state index in [-0.39, 0.29) is 6.61 Å². The van der Waals surface area contributed by atoms with Gasteiger partial charge in [-0.15, -0.1) is 22.7 Å². The van der Waals surface area contributed by atoms with Crippen molar-refractivity contribution in [2.75, 3.05) is 31.6 Å². The Bertz CT molecular complexity index is 996. The Morgan fingerprint density at radius 1 is 1.14 bits per heavy atom. The second-order valence-corrected chi connectivity index (χ2v) is 9.54. The van der Waals surface area contributed by atoms with Crippen LogP contribution in [0, 0.1) is 0 Å². The van der Waals surface area contributed by atoms with Gasteiger partial charge >= 0.3 is 0 Å². The molecule has 0 unspecified atom stereocenters. The van der Waals surface area contributed by atoms with Crippen LogP contribution in [0.1, 0.15) is 39.8 Å². The topological polar surface area (TPSA) is 83.4 Å². The Morgan fingerprint density at radius 3 is 2.83 bits per heavy atom. The number of morpholine rings is 1. The van der Waals surface area contributed by atoms with E-state index < -0.39 is 0 Å². The highest BCUT2D eigenvalue weighted by Crippen LogP contribution is 2.38. The van der Waals surface area contributed by atoms with Crippen LogP contribution in [-0.2, 0) is 37.3 Å². The van der Waals surface area contributed by atoms with Gasteiger partial charge in [-0.05, 0) is 31.2 Å². The molecule has 0 bridgehead atoms. The summed E-state index contributed by atoms with van der Waals surface area (Å²) in [6.07, 6.45) is 4.77. The van der Waals surface area contributed by atoms with Gasteiger partial charge in [0.05, 0.1) is 44.0 Å². The molecule has 4 heterocycles. The zero-order chi connectivity index (χ0) is 19.6. The molecule has 1 fully saturated rings. The van der Waals surface area contributed by atoms with Gasteiger partial charge in [-0.3, -0.25) is 4.90 Å². The maximum Gasteiger partial charge on any atom is 0.146 e. The Kier molecular flexibility index (Phi) is 5.74. The number of nitrogens with zero attached hydrogens (tertiary/aromatic N) is 4. The minimum absolute atomic E-state index is 0.0179. The monoisotopic (exact) mass is 431 g/mol. The van der Waals surface area contributed by atoms with Gasteiger partial charge in [-0.1, -0.05) is 0 Å². The summed E-state index contributed by atoms with van der Waals surface area (Å²) in [7, 11) is 0. The first-order valence-electron chi connectivity index (χ1n) is 10.2. The van der Waals surface area contributed by atoms with Crippen LogP contribution in [-0.4, -0.2) is 51.3 Å². The highest BCUT2D eigenvalue weighted by Gasteiger charge is 2.22. The molecule has 3 aromatic rings. The van der Waals surface area contributed by atoms with Crippen LogP contribution in [0.5, 0.6) is 0 Å². The van der Waals surface area contributed by atoms with Gasteiger partial charge in [0, 0.05) is 23.3 Å². The largest absolute Gasteiger partial charge is 0.390 e. The number of thiazole rings is 1. The van der Waals surface area contributed by atoms with Crippen molar-refractivity contribution in [2.24, 2.45) is 0 Å². The highest BCUT2D eigenvalue weighted by atomic mass is 32.1. The number of ether oxygens (including phenoxy) is 1. The zero-order valence-electron chi connectivity index (χ0n) is 16.3. The molecule has 1 aliphatic heterocycles. The number of aromatic nitrogens is 3. The van der Waals surface area contributed by atoms with E-state index in [1.807, 2.05) is 16.7 Å². The predicted molar refractivity (Wildman–Crippen MR) is 116 cm³/mol. The first kappa shape index (κ1) is 19.3. The third-order valence-electron chi connectivity index (χ3n) is 5.50. The Labute approximate surface area is 177 Å². The van der Waals surface area contributed by atoms with Crippen LogP contribution in [0.25, 0.3) is 10.2 Å². The summed E-state index contributed by atoms with van der Waals surface area (Å²) in [6.45, 7) is 4.74. The molecular weight excluding hydrogens is 406 g/mol. The Morgan fingerprint density at radius 2 is 2.00 bits per heavy atom. The lowest BCUT2D eigenvalue weighted by molar-refractivity contribution is 0.0331. The number of fused-ring (bicyclic) bond motifs is 3. The fraction of sp³-hybridized carbons (Fsp3) is 0.550. The van der Waals surface area contributed by atoms with E-state index >= 15 is 0 Å². The summed E-state index contributed by atoms with van der Waals surface area (Å²) in [5, 5.41) is 16.9. The van der Waals surface area contributed by atoms with Crippen molar-refractivity contribution >= 4 is 38.7 Å². The van der Waals surface area contributed by atoms with Gasteiger partial charge in [0.25, 0.3) is 0 Å². The van der Waals surface area contributed by atoms with Crippen LogP contribution in [0.4, 0.5) is 5.82 Å². The van der Waals surface area contributed by atoms with E-state index in [0.717, 1.165) is 72.9 Å². The van der Waals surface area contributed by atoms with Crippen molar-refractivity contribution < 1.29 is 9.84 Å². The summed E-state index contributed by atoms with van der Waals surface area (Å²) < 4.78 is 5.47. The summed E-state index contributed by atoms with van der Waals surface area (Å²) in [4.78, 5) is 19.3. The number of hydrogen-bond donors (Lipinski definition) is 2. The third-order valence-corrected chi connectivity index (χ3v) is 7.58. The second-order valence-electron chi connectivity index (χ2n) is 7.51. The van der Waals surface area contributed by atoms with E-state index in [1.54, 1.807) is 11.3 Å². The molecule has 1 aliphatic carbocycles. The van der Waals surface area contributed by atoms with Crippen LogP contribution in [0.15, 0.2) is 5.38 Å².